The molecule has 1 aromatic rings. The van der Waals surface area contributed by atoms with E-state index in [9.17, 15) is 20.0 Å². The van der Waals surface area contributed by atoms with Crippen molar-refractivity contribution < 1.29 is 14.8 Å². The van der Waals surface area contributed by atoms with Gasteiger partial charge in [-0.05, 0) is 28.8 Å². The molecule has 0 aromatic carbocycles. The lowest BCUT2D eigenvalue weighted by atomic mass is 9.80. The average molecular weight is 293 g/mol. The average Bonchev–Trinajstić information content (AvgIpc) is 2.72. The van der Waals surface area contributed by atoms with Gasteiger partial charge in [-0.3, -0.25) is 4.79 Å². The molecule has 1 fully saturated rings. The van der Waals surface area contributed by atoms with Gasteiger partial charge in [0.15, 0.2) is 6.20 Å². The number of pyridine rings is 1. The summed E-state index contributed by atoms with van der Waals surface area (Å²) in [5.41, 5.74) is -0.149. The standard InChI is InChI=1S/C14H19N3O4/c18-13(19)14(7-3-1-2-4-8-14)10-16-11-5-6-12(15-9-11)17(20)21/h5-6,9,16H,1-4,7-8,10H2,(H,18,19). The van der Waals surface area contributed by atoms with Crippen molar-refractivity contribution in [1.29, 1.82) is 0 Å². The number of nitrogens with one attached hydrogen (secondary N) is 1. The van der Waals surface area contributed by atoms with E-state index in [1.165, 1.54) is 12.3 Å². The molecule has 1 aromatic heterocycles. The van der Waals surface area contributed by atoms with E-state index in [1.807, 2.05) is 0 Å². The van der Waals surface area contributed by atoms with E-state index < -0.39 is 16.3 Å². The molecule has 0 radical (unpaired) electrons. The molecule has 1 heterocycles. The first-order chi connectivity index (χ1) is 10.0. The number of aliphatic carboxylic acids is 1. The third kappa shape index (κ3) is 3.68. The zero-order chi connectivity index (χ0) is 15.3. The van der Waals surface area contributed by atoms with Crippen LogP contribution >= 0.6 is 0 Å². The van der Waals surface area contributed by atoms with Crippen molar-refractivity contribution >= 4 is 17.5 Å². The predicted octanol–water partition coefficient (Wildman–Crippen LogP) is 2.83. The van der Waals surface area contributed by atoms with Crippen LogP contribution < -0.4 is 5.32 Å². The molecule has 0 saturated heterocycles. The van der Waals surface area contributed by atoms with E-state index in [-0.39, 0.29) is 5.82 Å². The number of anilines is 1. The van der Waals surface area contributed by atoms with Crippen LogP contribution in [0, 0.1) is 15.5 Å². The van der Waals surface area contributed by atoms with Crippen molar-refractivity contribution in [2.75, 3.05) is 11.9 Å². The third-order valence-corrected chi connectivity index (χ3v) is 4.08. The number of carboxylic acids is 1. The lowest BCUT2D eigenvalue weighted by Crippen LogP contribution is -2.37. The van der Waals surface area contributed by atoms with Gasteiger partial charge in [0.1, 0.15) is 0 Å². The fourth-order valence-electron chi connectivity index (χ4n) is 2.74. The zero-order valence-electron chi connectivity index (χ0n) is 11.7. The monoisotopic (exact) mass is 293 g/mol. The Morgan fingerprint density at radius 2 is 2.00 bits per heavy atom. The number of aromatic nitrogens is 1. The molecule has 0 bridgehead atoms. The van der Waals surface area contributed by atoms with Crippen LogP contribution in [0.25, 0.3) is 0 Å². The molecule has 0 spiro atoms. The molecule has 2 rings (SSSR count). The van der Waals surface area contributed by atoms with Gasteiger partial charge in [-0.15, -0.1) is 0 Å². The van der Waals surface area contributed by atoms with Crippen LogP contribution in [-0.2, 0) is 4.79 Å². The Kier molecular flexibility index (Phi) is 4.72. The minimum absolute atomic E-state index is 0.219. The van der Waals surface area contributed by atoms with Gasteiger partial charge in [0, 0.05) is 12.6 Å². The number of nitro groups is 1. The summed E-state index contributed by atoms with van der Waals surface area (Å²) in [6, 6.07) is 2.86. The number of hydrogen-bond donors (Lipinski definition) is 2. The molecular weight excluding hydrogens is 274 g/mol. The van der Waals surface area contributed by atoms with Crippen LogP contribution in [0.4, 0.5) is 11.5 Å². The van der Waals surface area contributed by atoms with Gasteiger partial charge in [0.25, 0.3) is 0 Å². The number of carboxylic acid groups (broad SMARTS) is 1. The summed E-state index contributed by atoms with van der Waals surface area (Å²) in [6.07, 6.45) is 6.69. The van der Waals surface area contributed by atoms with E-state index in [0.717, 1.165) is 25.7 Å². The Morgan fingerprint density at radius 3 is 2.48 bits per heavy atom. The maximum absolute atomic E-state index is 11.6. The van der Waals surface area contributed by atoms with Gasteiger partial charge in [-0.25, -0.2) is 0 Å². The Balaban J connectivity index is 2.04. The van der Waals surface area contributed by atoms with E-state index >= 15 is 0 Å². The normalized spacial score (nSPS) is 17.7. The van der Waals surface area contributed by atoms with Gasteiger partial charge < -0.3 is 20.5 Å². The highest BCUT2D eigenvalue weighted by Gasteiger charge is 2.38. The van der Waals surface area contributed by atoms with Crippen LogP contribution in [0.15, 0.2) is 18.3 Å². The summed E-state index contributed by atoms with van der Waals surface area (Å²) in [5.74, 6) is -0.991. The summed E-state index contributed by atoms with van der Waals surface area (Å²) in [6.45, 7) is 0.321. The quantitative estimate of drug-likeness (QED) is 0.491. The summed E-state index contributed by atoms with van der Waals surface area (Å²) in [5, 5.41) is 23.2. The molecule has 7 nitrogen and oxygen atoms in total. The molecule has 0 amide bonds. The topological polar surface area (TPSA) is 105 Å². The molecule has 114 valence electrons. The second-order valence-corrected chi connectivity index (χ2v) is 5.52. The van der Waals surface area contributed by atoms with Crippen molar-refractivity contribution in [3.8, 4) is 0 Å². The zero-order valence-corrected chi connectivity index (χ0v) is 11.7. The van der Waals surface area contributed by atoms with Crippen LogP contribution in [0.3, 0.4) is 0 Å². The van der Waals surface area contributed by atoms with Crippen LogP contribution in [0.2, 0.25) is 0 Å². The molecule has 0 unspecified atom stereocenters. The Morgan fingerprint density at radius 1 is 1.33 bits per heavy atom. The van der Waals surface area contributed by atoms with Gasteiger partial charge in [0.05, 0.1) is 11.1 Å². The smallest absolute Gasteiger partial charge is 0.363 e. The fourth-order valence-corrected chi connectivity index (χ4v) is 2.74. The van der Waals surface area contributed by atoms with Crippen molar-refractivity contribution in [2.24, 2.45) is 5.41 Å². The van der Waals surface area contributed by atoms with E-state index in [1.54, 1.807) is 6.07 Å². The Hall–Kier alpha value is -2.18. The highest BCUT2D eigenvalue weighted by atomic mass is 16.6. The molecule has 1 aliphatic rings. The lowest BCUT2D eigenvalue weighted by molar-refractivity contribution is -0.389. The minimum Gasteiger partial charge on any atom is -0.481 e. The Labute approximate surface area is 122 Å². The van der Waals surface area contributed by atoms with Crippen LogP contribution in [-0.4, -0.2) is 27.5 Å². The number of hydrogen-bond acceptors (Lipinski definition) is 5. The molecule has 7 heteroatoms. The lowest BCUT2D eigenvalue weighted by Gasteiger charge is -2.28. The van der Waals surface area contributed by atoms with E-state index in [2.05, 4.69) is 10.3 Å². The van der Waals surface area contributed by atoms with E-state index in [0.29, 0.717) is 25.1 Å². The first-order valence-corrected chi connectivity index (χ1v) is 7.11. The molecular formula is C14H19N3O4. The predicted molar refractivity (Wildman–Crippen MR) is 77.2 cm³/mol. The number of nitrogens with zero attached hydrogens (tertiary/aromatic N) is 2. The first kappa shape index (κ1) is 15.2. The third-order valence-electron chi connectivity index (χ3n) is 4.08. The van der Waals surface area contributed by atoms with Gasteiger partial charge in [0.2, 0.25) is 0 Å². The minimum atomic E-state index is -0.772. The van der Waals surface area contributed by atoms with Crippen molar-refractivity contribution in [3.05, 3.63) is 28.4 Å². The summed E-state index contributed by atoms with van der Waals surface area (Å²) in [4.78, 5) is 25.3. The van der Waals surface area contributed by atoms with Crippen LogP contribution in [0.1, 0.15) is 38.5 Å². The highest BCUT2D eigenvalue weighted by molar-refractivity contribution is 5.75. The summed E-state index contributed by atoms with van der Waals surface area (Å²) >= 11 is 0. The maximum atomic E-state index is 11.6. The van der Waals surface area contributed by atoms with Gasteiger partial charge in [-0.2, -0.15) is 0 Å². The second-order valence-electron chi connectivity index (χ2n) is 5.52. The first-order valence-electron chi connectivity index (χ1n) is 7.11. The number of rotatable bonds is 5. The SMILES string of the molecule is O=C(O)C1(CNc2ccc([N+](=O)[O-])nc2)CCCCCC1. The van der Waals surface area contributed by atoms with Gasteiger partial charge >= 0.3 is 11.8 Å². The summed E-state index contributed by atoms with van der Waals surface area (Å²) in [7, 11) is 0. The highest BCUT2D eigenvalue weighted by Crippen LogP contribution is 2.35. The maximum Gasteiger partial charge on any atom is 0.363 e. The fraction of sp³-hybridized carbons (Fsp3) is 0.571. The summed E-state index contributed by atoms with van der Waals surface area (Å²) < 4.78 is 0. The second kappa shape index (κ2) is 6.51. The van der Waals surface area contributed by atoms with Crippen molar-refractivity contribution in [2.45, 2.75) is 38.5 Å². The molecule has 0 atom stereocenters. The van der Waals surface area contributed by atoms with E-state index in [4.69, 9.17) is 0 Å². The van der Waals surface area contributed by atoms with Crippen molar-refractivity contribution in [3.63, 3.8) is 0 Å². The van der Waals surface area contributed by atoms with Crippen molar-refractivity contribution in [1.82, 2.24) is 4.98 Å². The molecule has 0 aliphatic heterocycles. The molecule has 2 N–H and O–H groups in total. The number of carbonyl (C=O) groups is 1. The molecule has 1 saturated carbocycles. The van der Waals surface area contributed by atoms with Gasteiger partial charge in [-0.1, -0.05) is 25.7 Å². The molecule has 1 aliphatic carbocycles. The Bertz CT molecular complexity index is 507. The largest absolute Gasteiger partial charge is 0.481 e. The van der Waals surface area contributed by atoms with Crippen LogP contribution in [0.5, 0.6) is 0 Å². The molecule has 21 heavy (non-hydrogen) atoms.